The van der Waals surface area contributed by atoms with Crippen molar-refractivity contribution in [2.45, 2.75) is 162 Å². The Kier molecular flexibility index (Phi) is 23.6. The molecular weight excluding hydrogens is 362 g/mol. The van der Waals surface area contributed by atoms with E-state index in [4.69, 9.17) is 0 Å². The standard InChI is InChI=1S/C29H62N/c1-5-8-11-13-15-17-19-21-23-25-28-30(4,27-10-7-3)29-26-24-22-20-18-16-14-12-9-6-2/h5-29H2,1-4H3/q+1. The summed E-state index contributed by atoms with van der Waals surface area (Å²) in [5.41, 5.74) is 0. The van der Waals surface area contributed by atoms with Crippen LogP contribution in [-0.2, 0) is 0 Å². The van der Waals surface area contributed by atoms with Gasteiger partial charge < -0.3 is 4.48 Å². The van der Waals surface area contributed by atoms with E-state index in [9.17, 15) is 0 Å². The lowest BCUT2D eigenvalue weighted by Crippen LogP contribution is -2.46. The minimum Gasteiger partial charge on any atom is -0.326 e. The summed E-state index contributed by atoms with van der Waals surface area (Å²) in [6.07, 6.45) is 31.9. The van der Waals surface area contributed by atoms with Gasteiger partial charge in [-0.3, -0.25) is 0 Å². The number of rotatable bonds is 25. The van der Waals surface area contributed by atoms with Gasteiger partial charge in [-0.2, -0.15) is 0 Å². The summed E-state index contributed by atoms with van der Waals surface area (Å²) in [7, 11) is 2.55. The van der Waals surface area contributed by atoms with Crippen LogP contribution < -0.4 is 0 Å². The van der Waals surface area contributed by atoms with Crippen molar-refractivity contribution in [3.8, 4) is 0 Å². The molecule has 0 unspecified atom stereocenters. The third-order valence-corrected chi connectivity index (χ3v) is 7.15. The average Bonchev–Trinajstić information content (AvgIpc) is 2.75. The minimum atomic E-state index is 1.35. The van der Waals surface area contributed by atoms with Gasteiger partial charge in [-0.1, -0.05) is 130 Å². The first-order valence-corrected chi connectivity index (χ1v) is 14.5. The van der Waals surface area contributed by atoms with Crippen LogP contribution in [-0.4, -0.2) is 31.2 Å². The van der Waals surface area contributed by atoms with E-state index in [0.717, 1.165) is 0 Å². The van der Waals surface area contributed by atoms with Crippen molar-refractivity contribution >= 4 is 0 Å². The topological polar surface area (TPSA) is 0 Å². The number of unbranched alkanes of at least 4 members (excludes halogenated alkanes) is 19. The van der Waals surface area contributed by atoms with Gasteiger partial charge in [0.15, 0.2) is 0 Å². The van der Waals surface area contributed by atoms with Crippen LogP contribution in [0.1, 0.15) is 162 Å². The predicted octanol–water partition coefficient (Wildman–Crippen LogP) is 10.1. The van der Waals surface area contributed by atoms with Crippen LogP contribution in [0.2, 0.25) is 0 Å². The number of quaternary nitrogens is 1. The fourth-order valence-corrected chi connectivity index (χ4v) is 4.84. The monoisotopic (exact) mass is 424 g/mol. The zero-order valence-electron chi connectivity index (χ0n) is 22.1. The number of hydrogen-bond donors (Lipinski definition) is 0. The molecule has 182 valence electrons. The highest BCUT2D eigenvalue weighted by molar-refractivity contribution is 4.51. The van der Waals surface area contributed by atoms with Gasteiger partial charge in [0.25, 0.3) is 0 Å². The summed E-state index contributed by atoms with van der Waals surface area (Å²) in [5.74, 6) is 0. The molecular formula is C29H62N+. The van der Waals surface area contributed by atoms with E-state index >= 15 is 0 Å². The van der Waals surface area contributed by atoms with Gasteiger partial charge in [0.2, 0.25) is 0 Å². The third-order valence-electron chi connectivity index (χ3n) is 7.15. The van der Waals surface area contributed by atoms with Crippen molar-refractivity contribution in [2.75, 3.05) is 26.7 Å². The normalized spacial score (nSPS) is 12.0. The molecule has 0 saturated carbocycles. The van der Waals surface area contributed by atoms with Crippen LogP contribution in [0, 0.1) is 0 Å². The second-order valence-corrected chi connectivity index (χ2v) is 10.5. The third kappa shape index (κ3) is 21.2. The predicted molar refractivity (Wildman–Crippen MR) is 139 cm³/mol. The largest absolute Gasteiger partial charge is 0.326 e. The van der Waals surface area contributed by atoms with Crippen molar-refractivity contribution in [3.63, 3.8) is 0 Å². The summed E-state index contributed by atoms with van der Waals surface area (Å²) < 4.78 is 1.35. The second kappa shape index (κ2) is 23.6. The smallest absolute Gasteiger partial charge is 0.0784 e. The van der Waals surface area contributed by atoms with Gasteiger partial charge in [-0.25, -0.2) is 0 Å². The molecule has 0 atom stereocenters. The Balaban J connectivity index is 3.72. The highest BCUT2D eigenvalue weighted by Gasteiger charge is 2.19. The molecule has 1 heteroatoms. The summed E-state index contributed by atoms with van der Waals surface area (Å²) in [4.78, 5) is 0. The van der Waals surface area contributed by atoms with Gasteiger partial charge in [0, 0.05) is 0 Å². The van der Waals surface area contributed by atoms with E-state index in [1.54, 1.807) is 0 Å². The number of hydrogen-bond acceptors (Lipinski definition) is 0. The zero-order chi connectivity index (χ0) is 22.2. The Bertz CT molecular complexity index is 287. The van der Waals surface area contributed by atoms with Crippen LogP contribution in [0.5, 0.6) is 0 Å². The molecule has 0 aromatic carbocycles. The molecule has 0 N–H and O–H groups in total. The van der Waals surface area contributed by atoms with Gasteiger partial charge in [-0.15, -0.1) is 0 Å². The van der Waals surface area contributed by atoms with Gasteiger partial charge in [0.05, 0.1) is 26.7 Å². The molecule has 0 aliphatic rings. The van der Waals surface area contributed by atoms with Gasteiger partial charge in [0.1, 0.15) is 0 Å². The van der Waals surface area contributed by atoms with E-state index in [1.165, 1.54) is 165 Å². The summed E-state index contributed by atoms with van der Waals surface area (Å²) in [6, 6.07) is 0. The van der Waals surface area contributed by atoms with Crippen LogP contribution in [0.15, 0.2) is 0 Å². The highest BCUT2D eigenvalue weighted by Crippen LogP contribution is 2.16. The Labute approximate surface area is 193 Å². The maximum atomic E-state index is 2.55. The molecule has 1 nitrogen and oxygen atoms in total. The maximum Gasteiger partial charge on any atom is 0.0784 e. The lowest BCUT2D eigenvalue weighted by Gasteiger charge is -2.35. The molecule has 0 radical (unpaired) electrons. The fraction of sp³-hybridized carbons (Fsp3) is 1.00. The Hall–Kier alpha value is -0.0400. The molecule has 0 rings (SSSR count). The minimum absolute atomic E-state index is 1.35. The summed E-state index contributed by atoms with van der Waals surface area (Å²) in [5, 5.41) is 0. The van der Waals surface area contributed by atoms with E-state index in [2.05, 4.69) is 27.8 Å². The fourth-order valence-electron chi connectivity index (χ4n) is 4.84. The first-order chi connectivity index (χ1) is 14.7. The van der Waals surface area contributed by atoms with Crippen LogP contribution in [0.25, 0.3) is 0 Å². The molecule has 0 amide bonds. The summed E-state index contributed by atoms with van der Waals surface area (Å²) in [6.45, 7) is 11.2. The molecule has 0 aliphatic carbocycles. The zero-order valence-corrected chi connectivity index (χ0v) is 22.1. The SMILES string of the molecule is CCCCCCCCCCCC[N+](C)(CCCC)CCCCCCCCCCCC. The van der Waals surface area contributed by atoms with Crippen molar-refractivity contribution in [3.05, 3.63) is 0 Å². The van der Waals surface area contributed by atoms with Crippen molar-refractivity contribution in [2.24, 2.45) is 0 Å². The first kappa shape index (κ1) is 30.0. The molecule has 0 saturated heterocycles. The van der Waals surface area contributed by atoms with E-state index in [1.807, 2.05) is 0 Å². The Morgan fingerprint density at radius 1 is 0.300 bits per heavy atom. The van der Waals surface area contributed by atoms with E-state index in [-0.39, 0.29) is 0 Å². The molecule has 0 fully saturated rings. The van der Waals surface area contributed by atoms with E-state index < -0.39 is 0 Å². The van der Waals surface area contributed by atoms with Gasteiger partial charge in [-0.05, 0) is 32.1 Å². The van der Waals surface area contributed by atoms with Crippen molar-refractivity contribution in [1.82, 2.24) is 0 Å². The molecule has 0 spiro atoms. The molecule has 0 heterocycles. The average molecular weight is 425 g/mol. The lowest BCUT2D eigenvalue weighted by molar-refractivity contribution is -0.910. The van der Waals surface area contributed by atoms with E-state index in [0.29, 0.717) is 0 Å². The van der Waals surface area contributed by atoms with Crippen molar-refractivity contribution in [1.29, 1.82) is 0 Å². The quantitative estimate of drug-likeness (QED) is 0.101. The number of nitrogens with zero attached hydrogens (tertiary/aromatic N) is 1. The first-order valence-electron chi connectivity index (χ1n) is 14.5. The summed E-state index contributed by atoms with van der Waals surface area (Å²) >= 11 is 0. The Morgan fingerprint density at radius 3 is 0.833 bits per heavy atom. The van der Waals surface area contributed by atoms with Crippen LogP contribution >= 0.6 is 0 Å². The van der Waals surface area contributed by atoms with Crippen LogP contribution in [0.3, 0.4) is 0 Å². The molecule has 0 aromatic heterocycles. The van der Waals surface area contributed by atoms with Gasteiger partial charge >= 0.3 is 0 Å². The van der Waals surface area contributed by atoms with Crippen LogP contribution in [0.4, 0.5) is 0 Å². The second-order valence-electron chi connectivity index (χ2n) is 10.5. The molecule has 30 heavy (non-hydrogen) atoms. The Morgan fingerprint density at radius 2 is 0.533 bits per heavy atom. The molecule has 0 bridgehead atoms. The molecule has 0 aromatic rings. The molecule has 0 aliphatic heterocycles. The highest BCUT2D eigenvalue weighted by atomic mass is 15.3. The van der Waals surface area contributed by atoms with Crippen molar-refractivity contribution < 1.29 is 4.48 Å². The maximum absolute atomic E-state index is 2.55. The lowest BCUT2D eigenvalue weighted by atomic mass is 10.1.